The monoisotopic (exact) mass is 659 g/mol. The molecule has 0 fully saturated rings. The fourth-order valence-electron chi connectivity index (χ4n) is 4.45. The first kappa shape index (κ1) is 36.5. The summed E-state index contributed by atoms with van der Waals surface area (Å²) in [5, 5.41) is 4.66. The van der Waals surface area contributed by atoms with Gasteiger partial charge in [-0.05, 0) is 85.7 Å². The Morgan fingerprint density at radius 2 is 1.21 bits per heavy atom. The van der Waals surface area contributed by atoms with Crippen LogP contribution in [0.1, 0.15) is 61.0 Å². The van der Waals surface area contributed by atoms with Gasteiger partial charge in [-0.25, -0.2) is 15.0 Å². The lowest BCUT2D eigenvalue weighted by Crippen LogP contribution is -2.12. The number of ether oxygens (including phenoxy) is 4. The van der Waals surface area contributed by atoms with Crippen LogP contribution < -0.4 is 29.8 Å². The first-order valence-corrected chi connectivity index (χ1v) is 15.2. The molecule has 2 heterocycles. The van der Waals surface area contributed by atoms with Gasteiger partial charge in [-0.3, -0.25) is 4.79 Å². The van der Waals surface area contributed by atoms with Crippen LogP contribution in [-0.2, 0) is 0 Å². The summed E-state index contributed by atoms with van der Waals surface area (Å²) >= 11 is 0. The summed E-state index contributed by atoms with van der Waals surface area (Å²) in [4.78, 5) is 27.2. The summed E-state index contributed by atoms with van der Waals surface area (Å²) in [6.45, 7) is 15.7. The average Bonchev–Trinajstić information content (AvgIpc) is 2.98. The molecule has 248 valence electrons. The van der Waals surface area contributed by atoms with Crippen molar-refractivity contribution >= 4 is 45.7 Å². The van der Waals surface area contributed by atoms with Crippen LogP contribution in [0.25, 0.3) is 21.8 Å². The minimum atomic E-state index is -0.185. The number of benzene rings is 3. The molecule has 0 spiro atoms. The lowest BCUT2D eigenvalue weighted by atomic mass is 10.1. The Morgan fingerprint density at radius 1 is 0.702 bits per heavy atom. The highest BCUT2D eigenvalue weighted by Crippen LogP contribution is 2.36. The molecule has 3 aromatic carbocycles. The molecule has 2 N–H and O–H groups in total. The number of halogens is 1. The molecule has 2 aromatic heterocycles. The molecule has 5 aromatic rings. The van der Waals surface area contributed by atoms with E-state index in [0.717, 1.165) is 22.2 Å². The van der Waals surface area contributed by atoms with Gasteiger partial charge in [0.25, 0.3) is 5.56 Å². The second-order valence-electron chi connectivity index (χ2n) is 11.6. The number of hydrogen-bond donors (Lipinski definition) is 2. The van der Waals surface area contributed by atoms with E-state index in [4.69, 9.17) is 25.4 Å². The van der Waals surface area contributed by atoms with Crippen molar-refractivity contribution in [1.82, 2.24) is 19.9 Å². The number of nitrogens with zero attached hydrogens (tertiary/aromatic N) is 3. The van der Waals surface area contributed by atoms with Crippen molar-refractivity contribution in [3.8, 4) is 35.3 Å². The molecule has 0 aliphatic rings. The molecule has 0 radical (unpaired) electrons. The van der Waals surface area contributed by atoms with Gasteiger partial charge in [0.05, 0.1) is 47.2 Å². The van der Waals surface area contributed by atoms with E-state index < -0.39 is 0 Å². The van der Waals surface area contributed by atoms with Crippen molar-refractivity contribution in [3.63, 3.8) is 0 Å². The van der Waals surface area contributed by atoms with Gasteiger partial charge in [-0.15, -0.1) is 18.8 Å². The van der Waals surface area contributed by atoms with Gasteiger partial charge in [0.1, 0.15) is 12.1 Å². The van der Waals surface area contributed by atoms with Crippen molar-refractivity contribution in [2.75, 3.05) is 5.32 Å². The molecule has 0 amide bonds. The van der Waals surface area contributed by atoms with Gasteiger partial charge in [0, 0.05) is 28.8 Å². The second kappa shape index (κ2) is 16.5. The number of anilines is 2. The Bertz CT molecular complexity index is 1900. The summed E-state index contributed by atoms with van der Waals surface area (Å²) in [7, 11) is 0. The molecule has 0 bridgehead atoms. The number of H-pyrrole nitrogens is 1. The zero-order chi connectivity index (χ0) is 33.4. The molecule has 0 atom stereocenters. The quantitative estimate of drug-likeness (QED) is 0.144. The lowest BCUT2D eigenvalue weighted by Gasteiger charge is -2.18. The van der Waals surface area contributed by atoms with Crippen molar-refractivity contribution in [3.05, 3.63) is 77.1 Å². The Morgan fingerprint density at radius 3 is 1.74 bits per heavy atom. The number of aromatic amines is 1. The minimum absolute atomic E-state index is 0. The predicted molar refractivity (Wildman–Crippen MR) is 190 cm³/mol. The number of aromatic nitrogens is 4. The zero-order valence-corrected chi connectivity index (χ0v) is 28.8. The molecule has 10 nitrogen and oxygen atoms in total. The minimum Gasteiger partial charge on any atom is -0.487 e. The van der Waals surface area contributed by atoms with Crippen LogP contribution in [0.3, 0.4) is 0 Å². The summed E-state index contributed by atoms with van der Waals surface area (Å²) in [5.74, 6) is 5.83. The average molecular weight is 660 g/mol. The predicted octanol–water partition coefficient (Wildman–Crippen LogP) is 7.85. The fraction of sp³-hybridized carbons (Fsp3) is 0.333. The number of rotatable bonds is 10. The topological polar surface area (TPSA) is 120 Å². The van der Waals surface area contributed by atoms with Crippen molar-refractivity contribution in [2.45, 2.75) is 79.8 Å². The van der Waals surface area contributed by atoms with E-state index in [2.05, 4.69) is 31.2 Å². The lowest BCUT2D eigenvalue weighted by molar-refractivity contribution is 0.199. The molecule has 5 rings (SSSR count). The molecule has 0 aliphatic heterocycles. The summed E-state index contributed by atoms with van der Waals surface area (Å²) in [6.07, 6.45) is 8.47. The number of fused-ring (bicyclic) bond motifs is 2. The van der Waals surface area contributed by atoms with Gasteiger partial charge in [-0.1, -0.05) is 12.0 Å². The Hall–Kier alpha value is -5.01. The number of nitrogens with one attached hydrogen (secondary N) is 2. The number of terminal acetylenes is 1. The maximum absolute atomic E-state index is 11.8. The SMILES string of the molecule is C#Cc1cccc(Nc2ncnc3cc(OC(C)C)c(OC(C)C)cc23)c1.CC(C)Oc1cc2nc[nH]c(=O)c2cc1OC(C)C.Cl. The van der Waals surface area contributed by atoms with Crippen LogP contribution in [0, 0.1) is 12.3 Å². The normalized spacial score (nSPS) is 10.8. The molecule has 0 aliphatic carbocycles. The third kappa shape index (κ3) is 9.99. The standard InChI is InChI=1S/C22H23N3O2.C14H18N2O3.ClH/c1-6-16-8-7-9-17(10-16)25-22-18-11-20(26-14(2)3)21(27-15(4)5)12-19(18)23-13-24-22;1-8(2)18-12-5-10-11(15-7-16-14(10)17)6-13(12)19-9(3)4;/h1,7-15H,2-5H3,(H,23,24,25);5-9H,1-4H3,(H,15,16,17);1H. The van der Waals surface area contributed by atoms with Crippen molar-refractivity contribution in [2.24, 2.45) is 0 Å². The highest BCUT2D eigenvalue weighted by atomic mass is 35.5. The van der Waals surface area contributed by atoms with Gasteiger partial charge in [0.2, 0.25) is 0 Å². The van der Waals surface area contributed by atoms with Crippen LogP contribution >= 0.6 is 12.4 Å². The first-order valence-electron chi connectivity index (χ1n) is 15.2. The van der Waals surface area contributed by atoms with Gasteiger partial charge >= 0.3 is 0 Å². The molecular weight excluding hydrogens is 618 g/mol. The molecule has 0 saturated carbocycles. The number of hydrogen-bond acceptors (Lipinski definition) is 9. The molecule has 11 heteroatoms. The van der Waals surface area contributed by atoms with E-state index >= 15 is 0 Å². The maximum Gasteiger partial charge on any atom is 0.258 e. The Kier molecular flexibility index (Phi) is 12.8. The zero-order valence-electron chi connectivity index (χ0n) is 28.0. The van der Waals surface area contributed by atoms with Gasteiger partial charge < -0.3 is 29.2 Å². The molecule has 0 saturated heterocycles. The third-order valence-corrected chi connectivity index (χ3v) is 6.15. The Labute approximate surface area is 281 Å². The van der Waals surface area contributed by atoms with E-state index in [1.807, 2.05) is 91.8 Å². The highest BCUT2D eigenvalue weighted by molar-refractivity contribution is 5.93. The third-order valence-electron chi connectivity index (χ3n) is 6.15. The molecule has 47 heavy (non-hydrogen) atoms. The summed E-state index contributed by atoms with van der Waals surface area (Å²) in [5.41, 5.74) is 2.84. The maximum atomic E-state index is 11.8. The van der Waals surface area contributed by atoms with Crippen molar-refractivity contribution in [1.29, 1.82) is 0 Å². The summed E-state index contributed by atoms with van der Waals surface area (Å²) in [6, 6.07) is 14.8. The molecule has 0 unspecified atom stereocenters. The largest absolute Gasteiger partial charge is 0.487 e. The molecular formula is C36H42ClN5O5. The fourth-order valence-corrected chi connectivity index (χ4v) is 4.45. The van der Waals surface area contributed by atoms with Gasteiger partial charge in [-0.2, -0.15) is 0 Å². The van der Waals surface area contributed by atoms with Crippen molar-refractivity contribution < 1.29 is 18.9 Å². The second-order valence-corrected chi connectivity index (χ2v) is 11.6. The van der Waals surface area contributed by atoms with E-state index in [1.54, 1.807) is 12.1 Å². The van der Waals surface area contributed by atoms with Gasteiger partial charge in [0.15, 0.2) is 23.0 Å². The smallest absolute Gasteiger partial charge is 0.258 e. The van der Waals surface area contributed by atoms with E-state index in [1.165, 1.54) is 12.7 Å². The summed E-state index contributed by atoms with van der Waals surface area (Å²) < 4.78 is 23.3. The highest BCUT2D eigenvalue weighted by Gasteiger charge is 2.15. The first-order chi connectivity index (χ1) is 21.9. The van der Waals surface area contributed by atoms with E-state index in [9.17, 15) is 4.79 Å². The van der Waals surface area contributed by atoms with Crippen LogP contribution in [-0.4, -0.2) is 44.4 Å². The Balaban J connectivity index is 0.000000265. The van der Waals surface area contributed by atoms with Crippen LogP contribution in [0.5, 0.6) is 23.0 Å². The van der Waals surface area contributed by atoms with Crippen LogP contribution in [0.4, 0.5) is 11.5 Å². The van der Waals surface area contributed by atoms with Crippen LogP contribution in [0.15, 0.2) is 66.0 Å². The van der Waals surface area contributed by atoms with Crippen LogP contribution in [0.2, 0.25) is 0 Å². The van der Waals surface area contributed by atoms with E-state index in [0.29, 0.717) is 39.7 Å². The van der Waals surface area contributed by atoms with E-state index in [-0.39, 0.29) is 42.4 Å².